The Hall–Kier alpha value is -1.66. The summed E-state index contributed by atoms with van der Waals surface area (Å²) in [4.78, 5) is 25.4. The lowest BCUT2D eigenvalue weighted by Crippen LogP contribution is -2.15. The molecule has 0 aliphatic rings. The third kappa shape index (κ3) is 4.20. The van der Waals surface area contributed by atoms with Crippen molar-refractivity contribution in [1.29, 1.82) is 0 Å². The molecule has 4 nitrogen and oxygen atoms in total. The quantitative estimate of drug-likeness (QED) is 0.573. The van der Waals surface area contributed by atoms with Crippen molar-refractivity contribution in [2.75, 3.05) is 18.5 Å². The van der Waals surface area contributed by atoms with E-state index in [4.69, 9.17) is 4.74 Å². The summed E-state index contributed by atoms with van der Waals surface area (Å²) >= 11 is 4.81. The van der Waals surface area contributed by atoms with E-state index >= 15 is 0 Å². The SMILES string of the molecule is CCOC(=O)c1c(NCC(=O)c2ccc(Br)cc2)sc(C)c1C. The Morgan fingerprint density at radius 1 is 1.22 bits per heavy atom. The van der Waals surface area contributed by atoms with Gasteiger partial charge in [-0.05, 0) is 38.5 Å². The van der Waals surface area contributed by atoms with Crippen LogP contribution >= 0.6 is 27.3 Å². The van der Waals surface area contributed by atoms with Crippen LogP contribution in [0.3, 0.4) is 0 Å². The third-order valence-electron chi connectivity index (χ3n) is 3.44. The summed E-state index contributed by atoms with van der Waals surface area (Å²) in [6, 6.07) is 7.20. The molecule has 1 N–H and O–H groups in total. The summed E-state index contributed by atoms with van der Waals surface area (Å²) in [6.45, 7) is 6.07. The second-order valence-electron chi connectivity index (χ2n) is 4.99. The van der Waals surface area contributed by atoms with Crippen LogP contribution in [0.15, 0.2) is 28.7 Å². The molecule has 0 amide bonds. The summed E-state index contributed by atoms with van der Waals surface area (Å²) in [5.41, 5.74) is 2.05. The molecular weight excluding hydrogens is 378 g/mol. The van der Waals surface area contributed by atoms with Gasteiger partial charge in [-0.3, -0.25) is 4.79 Å². The lowest BCUT2D eigenvalue weighted by Gasteiger charge is -2.08. The molecule has 0 atom stereocenters. The van der Waals surface area contributed by atoms with E-state index in [1.807, 2.05) is 26.0 Å². The first-order valence-electron chi connectivity index (χ1n) is 7.23. The fourth-order valence-electron chi connectivity index (χ4n) is 2.10. The number of nitrogens with one attached hydrogen (secondary N) is 1. The van der Waals surface area contributed by atoms with Gasteiger partial charge in [0.05, 0.1) is 18.7 Å². The van der Waals surface area contributed by atoms with Crippen LogP contribution in [-0.2, 0) is 4.74 Å². The highest BCUT2D eigenvalue weighted by Gasteiger charge is 2.21. The monoisotopic (exact) mass is 395 g/mol. The average molecular weight is 396 g/mol. The van der Waals surface area contributed by atoms with Gasteiger partial charge in [-0.1, -0.05) is 28.1 Å². The first-order chi connectivity index (χ1) is 10.9. The van der Waals surface area contributed by atoms with Gasteiger partial charge in [-0.25, -0.2) is 4.79 Å². The van der Waals surface area contributed by atoms with Crippen LogP contribution in [0.1, 0.15) is 38.1 Å². The van der Waals surface area contributed by atoms with E-state index < -0.39 is 0 Å². The molecule has 1 aromatic heterocycles. The first kappa shape index (κ1) is 17.7. The van der Waals surface area contributed by atoms with E-state index in [1.54, 1.807) is 19.1 Å². The Balaban J connectivity index is 2.14. The highest BCUT2D eigenvalue weighted by Crippen LogP contribution is 2.33. The van der Waals surface area contributed by atoms with Crippen molar-refractivity contribution < 1.29 is 14.3 Å². The number of hydrogen-bond donors (Lipinski definition) is 1. The van der Waals surface area contributed by atoms with Crippen molar-refractivity contribution in [3.63, 3.8) is 0 Å². The van der Waals surface area contributed by atoms with Crippen molar-refractivity contribution in [1.82, 2.24) is 0 Å². The average Bonchev–Trinajstić information content (AvgIpc) is 2.80. The molecule has 0 aliphatic heterocycles. The van der Waals surface area contributed by atoms with Crippen LogP contribution in [-0.4, -0.2) is 24.9 Å². The zero-order chi connectivity index (χ0) is 17.0. The van der Waals surface area contributed by atoms with Crippen molar-refractivity contribution in [2.45, 2.75) is 20.8 Å². The molecule has 0 saturated heterocycles. The van der Waals surface area contributed by atoms with Crippen LogP contribution in [0, 0.1) is 13.8 Å². The third-order valence-corrected chi connectivity index (χ3v) is 5.13. The number of hydrogen-bond acceptors (Lipinski definition) is 5. The molecule has 23 heavy (non-hydrogen) atoms. The number of halogens is 1. The summed E-state index contributed by atoms with van der Waals surface area (Å²) in [6.07, 6.45) is 0. The van der Waals surface area contributed by atoms with Crippen molar-refractivity contribution >= 4 is 44.0 Å². The Labute approximate surface area is 148 Å². The molecule has 122 valence electrons. The number of carbonyl (C=O) groups excluding carboxylic acids is 2. The molecule has 2 aromatic rings. The summed E-state index contributed by atoms with van der Waals surface area (Å²) in [5.74, 6) is -0.385. The molecule has 1 heterocycles. The number of aryl methyl sites for hydroxylation is 1. The topological polar surface area (TPSA) is 55.4 Å². The maximum absolute atomic E-state index is 12.2. The van der Waals surface area contributed by atoms with Gasteiger partial charge >= 0.3 is 5.97 Å². The molecule has 2 rings (SSSR count). The smallest absolute Gasteiger partial charge is 0.341 e. The summed E-state index contributed by atoms with van der Waals surface area (Å²) in [5, 5.41) is 3.77. The second kappa shape index (κ2) is 7.75. The van der Waals surface area contributed by atoms with E-state index in [1.165, 1.54) is 11.3 Å². The molecule has 0 aliphatic carbocycles. The Kier molecular flexibility index (Phi) is 5.96. The molecule has 0 fully saturated rings. The summed E-state index contributed by atoms with van der Waals surface area (Å²) in [7, 11) is 0. The standard InChI is InChI=1S/C17H18BrNO3S/c1-4-22-17(21)15-10(2)11(3)23-16(15)19-9-14(20)12-5-7-13(18)8-6-12/h5-8,19H,4,9H2,1-3H3. The molecule has 6 heteroatoms. The Bertz CT molecular complexity index is 722. The van der Waals surface area contributed by atoms with E-state index in [-0.39, 0.29) is 18.3 Å². The predicted molar refractivity (Wildman–Crippen MR) is 96.7 cm³/mol. The molecular formula is C17H18BrNO3S. The molecule has 0 spiro atoms. The van der Waals surface area contributed by atoms with Gasteiger partial charge in [-0.2, -0.15) is 0 Å². The minimum atomic E-state index is -0.354. The number of anilines is 1. The number of rotatable bonds is 6. The van der Waals surface area contributed by atoms with Gasteiger partial charge in [0.1, 0.15) is 5.00 Å². The normalized spacial score (nSPS) is 10.4. The van der Waals surface area contributed by atoms with Crippen LogP contribution in [0.25, 0.3) is 0 Å². The Morgan fingerprint density at radius 2 is 1.87 bits per heavy atom. The zero-order valence-electron chi connectivity index (χ0n) is 13.2. The zero-order valence-corrected chi connectivity index (χ0v) is 15.6. The molecule has 0 saturated carbocycles. The first-order valence-corrected chi connectivity index (χ1v) is 8.84. The van der Waals surface area contributed by atoms with Crippen LogP contribution < -0.4 is 5.32 Å². The largest absolute Gasteiger partial charge is 0.462 e. The fourth-order valence-corrected chi connectivity index (χ4v) is 3.41. The minimum Gasteiger partial charge on any atom is -0.462 e. The summed E-state index contributed by atoms with van der Waals surface area (Å²) < 4.78 is 6.03. The van der Waals surface area contributed by atoms with Crippen LogP contribution in [0.4, 0.5) is 5.00 Å². The van der Waals surface area contributed by atoms with Crippen molar-refractivity contribution in [2.24, 2.45) is 0 Å². The van der Waals surface area contributed by atoms with Crippen LogP contribution in [0.5, 0.6) is 0 Å². The van der Waals surface area contributed by atoms with Crippen molar-refractivity contribution in [3.05, 3.63) is 50.3 Å². The predicted octanol–water partition coefficient (Wildman–Crippen LogP) is 4.60. The van der Waals surface area contributed by atoms with Gasteiger partial charge in [0.2, 0.25) is 0 Å². The van der Waals surface area contributed by atoms with Gasteiger partial charge in [-0.15, -0.1) is 11.3 Å². The fraction of sp³-hybridized carbons (Fsp3) is 0.294. The number of ether oxygens (including phenoxy) is 1. The second-order valence-corrected chi connectivity index (χ2v) is 7.13. The van der Waals surface area contributed by atoms with Gasteiger partial charge in [0, 0.05) is 14.9 Å². The van der Waals surface area contributed by atoms with Crippen LogP contribution in [0.2, 0.25) is 0 Å². The van der Waals surface area contributed by atoms with E-state index in [2.05, 4.69) is 21.2 Å². The van der Waals surface area contributed by atoms with Gasteiger partial charge in [0.25, 0.3) is 0 Å². The number of thiophene rings is 1. The Morgan fingerprint density at radius 3 is 2.48 bits per heavy atom. The number of ketones is 1. The van der Waals surface area contributed by atoms with Crippen molar-refractivity contribution in [3.8, 4) is 0 Å². The van der Waals surface area contributed by atoms with E-state index in [9.17, 15) is 9.59 Å². The number of esters is 1. The number of carbonyl (C=O) groups is 2. The molecule has 0 radical (unpaired) electrons. The highest BCUT2D eigenvalue weighted by molar-refractivity contribution is 9.10. The number of benzene rings is 1. The van der Waals surface area contributed by atoms with E-state index in [0.29, 0.717) is 22.7 Å². The van der Waals surface area contributed by atoms with Gasteiger partial charge < -0.3 is 10.1 Å². The van der Waals surface area contributed by atoms with E-state index in [0.717, 1.165) is 14.9 Å². The lowest BCUT2D eigenvalue weighted by atomic mass is 10.1. The number of Topliss-reactive ketones (excluding diaryl/α,β-unsaturated/α-hetero) is 1. The highest BCUT2D eigenvalue weighted by atomic mass is 79.9. The molecule has 0 bridgehead atoms. The lowest BCUT2D eigenvalue weighted by molar-refractivity contribution is 0.0527. The maximum atomic E-state index is 12.2. The minimum absolute atomic E-state index is 0.0315. The molecule has 0 unspecified atom stereocenters. The molecule has 1 aromatic carbocycles. The van der Waals surface area contributed by atoms with Gasteiger partial charge in [0.15, 0.2) is 5.78 Å². The maximum Gasteiger partial charge on any atom is 0.341 e.